The van der Waals surface area contributed by atoms with Crippen LogP contribution in [0, 0.1) is 22.7 Å². The largest absolute Gasteiger partial charge is 0.482 e. The van der Waals surface area contributed by atoms with Gasteiger partial charge in [0.15, 0.2) is 18.1 Å². The molecule has 0 radical (unpaired) electrons. The number of rotatable bonds is 7. The fraction of sp³-hybridized carbons (Fsp3) is 0.333. The number of benzene rings is 2. The highest BCUT2D eigenvalue weighted by atomic mass is 32.2. The minimum atomic E-state index is -4.68. The first-order valence-corrected chi connectivity index (χ1v) is 11.1. The van der Waals surface area contributed by atoms with Gasteiger partial charge in [-0.2, -0.15) is 28.0 Å². The Morgan fingerprint density at radius 2 is 1.85 bits per heavy atom. The fourth-order valence-electron chi connectivity index (χ4n) is 3.33. The molecule has 1 aliphatic heterocycles. The molecule has 0 bridgehead atoms. The number of nitriles is 2. The summed E-state index contributed by atoms with van der Waals surface area (Å²) < 4.78 is 75.3. The molecule has 0 spiro atoms. The third-order valence-electron chi connectivity index (χ3n) is 5.05. The molecule has 2 aromatic rings. The number of aliphatic hydroxyl groups excluding tert-OH is 1. The van der Waals surface area contributed by atoms with Gasteiger partial charge in [0.25, 0.3) is 0 Å². The normalized spacial score (nSPS) is 21.0. The minimum Gasteiger partial charge on any atom is -0.482 e. The van der Waals surface area contributed by atoms with Gasteiger partial charge in [-0.1, -0.05) is 12.1 Å². The number of alkyl halides is 3. The molecule has 2 atom stereocenters. The summed E-state index contributed by atoms with van der Waals surface area (Å²) in [6.07, 6.45) is -6.10. The Morgan fingerprint density at radius 1 is 1.15 bits per heavy atom. The van der Waals surface area contributed by atoms with Gasteiger partial charge in [0.2, 0.25) is 10.0 Å². The summed E-state index contributed by atoms with van der Waals surface area (Å²) in [4.78, 5) is -0.314. The Morgan fingerprint density at radius 3 is 2.47 bits per heavy atom. The van der Waals surface area contributed by atoms with Crippen molar-refractivity contribution in [3.8, 4) is 23.6 Å². The van der Waals surface area contributed by atoms with E-state index in [0.717, 1.165) is 16.4 Å². The van der Waals surface area contributed by atoms with Crippen LogP contribution in [0.2, 0.25) is 0 Å². The maximum Gasteiger partial charge on any atom is 0.422 e. The third-order valence-corrected chi connectivity index (χ3v) is 6.92. The molecule has 0 aliphatic carbocycles. The molecule has 3 rings (SSSR count). The first-order valence-electron chi connectivity index (χ1n) is 9.66. The van der Waals surface area contributed by atoms with Crippen molar-refractivity contribution in [3.05, 3.63) is 53.6 Å². The van der Waals surface area contributed by atoms with Gasteiger partial charge in [0.05, 0.1) is 35.2 Å². The lowest BCUT2D eigenvalue weighted by Gasteiger charge is -2.27. The molecule has 2 aromatic carbocycles. The Labute approximate surface area is 192 Å². The van der Waals surface area contributed by atoms with Crippen molar-refractivity contribution in [1.29, 1.82) is 10.5 Å². The maximum absolute atomic E-state index is 13.1. The maximum atomic E-state index is 13.1. The molecule has 0 aromatic heterocycles. The molecular weight excluding hydrogens is 479 g/mol. The van der Waals surface area contributed by atoms with Crippen LogP contribution in [-0.2, 0) is 10.0 Å². The molecule has 0 unspecified atom stereocenters. The van der Waals surface area contributed by atoms with E-state index in [0.29, 0.717) is 0 Å². The smallest absolute Gasteiger partial charge is 0.422 e. The van der Waals surface area contributed by atoms with Crippen LogP contribution >= 0.6 is 0 Å². The van der Waals surface area contributed by atoms with E-state index in [1.54, 1.807) is 12.1 Å². The number of halogens is 3. The van der Waals surface area contributed by atoms with E-state index in [-0.39, 0.29) is 21.8 Å². The summed E-state index contributed by atoms with van der Waals surface area (Å²) in [6.45, 7) is -3.71. The van der Waals surface area contributed by atoms with Crippen molar-refractivity contribution in [2.24, 2.45) is 0 Å². The highest BCUT2D eigenvalue weighted by molar-refractivity contribution is 7.89. The van der Waals surface area contributed by atoms with Crippen LogP contribution in [0.3, 0.4) is 0 Å². The molecule has 13 heteroatoms. The van der Waals surface area contributed by atoms with Gasteiger partial charge < -0.3 is 19.7 Å². The predicted molar refractivity (Wildman–Crippen MR) is 109 cm³/mol. The first kappa shape index (κ1) is 25.3. The van der Waals surface area contributed by atoms with Crippen molar-refractivity contribution in [2.45, 2.75) is 22.8 Å². The first-order chi connectivity index (χ1) is 15.9. The molecular formula is C21H18F3N3O6S. The van der Waals surface area contributed by atoms with Crippen molar-refractivity contribution in [1.82, 2.24) is 4.31 Å². The van der Waals surface area contributed by atoms with Crippen molar-refractivity contribution in [2.75, 3.05) is 26.3 Å². The molecule has 1 fully saturated rings. The summed E-state index contributed by atoms with van der Waals surface area (Å²) >= 11 is 0. The molecule has 1 aliphatic rings. The Balaban J connectivity index is 1.92. The van der Waals surface area contributed by atoms with Gasteiger partial charge in [0.1, 0.15) is 17.8 Å². The average Bonchev–Trinajstić information content (AvgIpc) is 3.15. The molecule has 1 saturated heterocycles. The van der Waals surface area contributed by atoms with Crippen LogP contribution in [0.15, 0.2) is 47.4 Å². The van der Waals surface area contributed by atoms with E-state index >= 15 is 0 Å². The van der Waals surface area contributed by atoms with E-state index in [1.165, 1.54) is 30.3 Å². The van der Waals surface area contributed by atoms with Gasteiger partial charge in [-0.05, 0) is 24.3 Å². The number of aliphatic hydroxyl groups is 2. The lowest BCUT2D eigenvalue weighted by molar-refractivity contribution is -0.153. The highest BCUT2D eigenvalue weighted by Gasteiger charge is 2.51. The number of nitrogens with zero attached hydrogens (tertiary/aromatic N) is 3. The molecule has 2 N–H and O–H groups in total. The SMILES string of the molecule is N#Cc1ccc(O[C@H]2CN(S(=O)(=O)c3ccccc3C#N)C[C@@]2(O)CO)c(OCC(F)(F)F)c1. The summed E-state index contributed by atoms with van der Waals surface area (Å²) in [7, 11) is -4.30. The van der Waals surface area contributed by atoms with E-state index in [1.807, 2.05) is 0 Å². The number of hydrogen-bond acceptors (Lipinski definition) is 8. The highest BCUT2D eigenvalue weighted by Crippen LogP contribution is 2.36. The van der Waals surface area contributed by atoms with E-state index in [4.69, 9.17) is 14.7 Å². The number of hydrogen-bond donors (Lipinski definition) is 2. The van der Waals surface area contributed by atoms with Gasteiger partial charge >= 0.3 is 6.18 Å². The Bertz CT molecular complexity index is 1260. The van der Waals surface area contributed by atoms with Gasteiger partial charge in [-0.15, -0.1) is 0 Å². The fourth-order valence-corrected chi connectivity index (χ4v) is 4.98. The predicted octanol–water partition coefficient (Wildman–Crippen LogP) is 1.55. The lowest BCUT2D eigenvalue weighted by Crippen LogP contribution is -2.48. The minimum absolute atomic E-state index is 0.0225. The monoisotopic (exact) mass is 497 g/mol. The van der Waals surface area contributed by atoms with Crippen LogP contribution < -0.4 is 9.47 Å². The van der Waals surface area contributed by atoms with Gasteiger partial charge in [-0.3, -0.25) is 0 Å². The van der Waals surface area contributed by atoms with Crippen molar-refractivity contribution < 1.29 is 41.3 Å². The molecule has 9 nitrogen and oxygen atoms in total. The number of β-amino-alcohol motifs (C(OH)–C–C–N with tert-alkyl or cyclic N) is 1. The topological polar surface area (TPSA) is 144 Å². The van der Waals surface area contributed by atoms with Crippen LogP contribution in [0.4, 0.5) is 13.2 Å². The van der Waals surface area contributed by atoms with Crippen molar-refractivity contribution in [3.63, 3.8) is 0 Å². The van der Waals surface area contributed by atoms with Crippen molar-refractivity contribution >= 4 is 10.0 Å². The molecule has 34 heavy (non-hydrogen) atoms. The van der Waals surface area contributed by atoms with E-state index in [2.05, 4.69) is 0 Å². The zero-order valence-electron chi connectivity index (χ0n) is 17.4. The molecule has 0 amide bonds. The Kier molecular flexibility index (Phi) is 7.05. The summed E-state index contributed by atoms with van der Waals surface area (Å²) in [5, 5.41) is 38.9. The third kappa shape index (κ3) is 5.24. The molecule has 180 valence electrons. The summed E-state index contributed by atoms with van der Waals surface area (Å²) in [5.41, 5.74) is -2.27. The standard InChI is InChI=1S/C21H18F3N3O6S/c22-21(23,24)13-32-17-7-14(8-25)5-6-16(17)33-19-10-27(11-20(19,29)12-28)34(30,31)18-4-2-1-3-15(18)9-26/h1-7,19,28-29H,10-13H2/t19-,20+/m0/s1. The van der Waals surface area contributed by atoms with Crippen LogP contribution in [0.25, 0.3) is 0 Å². The van der Waals surface area contributed by atoms with Crippen LogP contribution in [-0.4, -0.2) is 67.1 Å². The van der Waals surface area contributed by atoms with Crippen LogP contribution in [0.1, 0.15) is 11.1 Å². The van der Waals surface area contributed by atoms with Gasteiger partial charge in [0, 0.05) is 12.6 Å². The van der Waals surface area contributed by atoms with E-state index < -0.39 is 60.0 Å². The average molecular weight is 497 g/mol. The summed E-state index contributed by atoms with van der Waals surface area (Å²) in [6, 6.07) is 12.3. The molecule has 0 saturated carbocycles. The lowest BCUT2D eigenvalue weighted by atomic mass is 10.0. The molecule has 1 heterocycles. The second kappa shape index (κ2) is 9.48. The second-order valence-electron chi connectivity index (χ2n) is 7.45. The quantitative estimate of drug-likeness (QED) is 0.586. The Hall–Kier alpha value is -3.36. The van der Waals surface area contributed by atoms with Crippen LogP contribution in [0.5, 0.6) is 11.5 Å². The number of sulfonamides is 1. The van der Waals surface area contributed by atoms with E-state index in [9.17, 15) is 37.1 Å². The number of ether oxygens (including phenoxy) is 2. The second-order valence-corrected chi connectivity index (χ2v) is 9.36. The zero-order valence-corrected chi connectivity index (χ0v) is 18.2. The summed E-state index contributed by atoms with van der Waals surface area (Å²) in [5.74, 6) is -0.746. The zero-order chi connectivity index (χ0) is 25.1. The van der Waals surface area contributed by atoms with Gasteiger partial charge in [-0.25, -0.2) is 8.42 Å².